The lowest BCUT2D eigenvalue weighted by molar-refractivity contribution is 0.283. The van der Waals surface area contributed by atoms with Crippen LogP contribution in [0.3, 0.4) is 0 Å². The van der Waals surface area contributed by atoms with Crippen molar-refractivity contribution >= 4 is 16.6 Å². The Morgan fingerprint density at radius 3 is 2.80 bits per heavy atom. The second kappa shape index (κ2) is 7.70. The maximum atomic E-state index is 8.73. The molecule has 0 spiro atoms. The van der Waals surface area contributed by atoms with Crippen LogP contribution in [0.2, 0.25) is 0 Å². The van der Waals surface area contributed by atoms with Crippen molar-refractivity contribution in [3.8, 4) is 5.75 Å². The fourth-order valence-electron chi connectivity index (χ4n) is 2.22. The number of fused-ring (bicyclic) bond motifs is 1. The van der Waals surface area contributed by atoms with Crippen LogP contribution < -0.4 is 10.1 Å². The number of aliphatic hydroxyl groups is 1. The summed E-state index contributed by atoms with van der Waals surface area (Å²) >= 11 is 0. The third kappa shape index (κ3) is 3.84. The van der Waals surface area contributed by atoms with Crippen molar-refractivity contribution in [2.75, 3.05) is 25.6 Å². The SMILES string of the molecule is COc1ccc2c(NCCCCCCO)ccnc2c1. The molecule has 0 aliphatic heterocycles. The van der Waals surface area contributed by atoms with Crippen LogP contribution in [0.5, 0.6) is 5.75 Å². The number of aliphatic hydroxyl groups excluding tert-OH is 1. The van der Waals surface area contributed by atoms with Crippen molar-refractivity contribution in [3.05, 3.63) is 30.5 Å². The summed E-state index contributed by atoms with van der Waals surface area (Å²) in [5.41, 5.74) is 2.05. The van der Waals surface area contributed by atoms with Crippen LogP contribution in [0.25, 0.3) is 10.9 Å². The smallest absolute Gasteiger partial charge is 0.121 e. The second-order valence-corrected chi connectivity index (χ2v) is 4.81. The van der Waals surface area contributed by atoms with Gasteiger partial charge in [0.25, 0.3) is 0 Å². The molecule has 0 aliphatic rings. The van der Waals surface area contributed by atoms with Gasteiger partial charge < -0.3 is 15.2 Å². The van der Waals surface area contributed by atoms with Crippen LogP contribution in [-0.4, -0.2) is 30.4 Å². The minimum absolute atomic E-state index is 0.296. The molecule has 0 saturated carbocycles. The number of rotatable bonds is 8. The Hall–Kier alpha value is -1.81. The topological polar surface area (TPSA) is 54.4 Å². The van der Waals surface area contributed by atoms with Gasteiger partial charge in [-0.15, -0.1) is 0 Å². The van der Waals surface area contributed by atoms with E-state index >= 15 is 0 Å². The summed E-state index contributed by atoms with van der Waals surface area (Å²) in [6.07, 6.45) is 6.06. The molecule has 1 aromatic carbocycles. The Kier molecular flexibility index (Phi) is 5.62. The summed E-state index contributed by atoms with van der Waals surface area (Å²) in [7, 11) is 1.66. The summed E-state index contributed by atoms with van der Waals surface area (Å²) < 4.78 is 5.22. The van der Waals surface area contributed by atoms with E-state index in [-0.39, 0.29) is 0 Å². The van der Waals surface area contributed by atoms with Crippen LogP contribution in [-0.2, 0) is 0 Å². The largest absolute Gasteiger partial charge is 0.497 e. The molecule has 108 valence electrons. The number of hydrogen-bond donors (Lipinski definition) is 2. The molecule has 20 heavy (non-hydrogen) atoms. The van der Waals surface area contributed by atoms with Gasteiger partial charge >= 0.3 is 0 Å². The molecule has 2 aromatic rings. The van der Waals surface area contributed by atoms with Gasteiger partial charge in [0.2, 0.25) is 0 Å². The first-order valence-corrected chi connectivity index (χ1v) is 7.12. The molecule has 4 heteroatoms. The van der Waals surface area contributed by atoms with Gasteiger partial charge in [0, 0.05) is 36.5 Å². The fraction of sp³-hybridized carbons (Fsp3) is 0.438. The maximum absolute atomic E-state index is 8.73. The number of benzene rings is 1. The zero-order valence-corrected chi connectivity index (χ0v) is 11.9. The molecule has 0 amide bonds. The third-order valence-corrected chi connectivity index (χ3v) is 3.35. The van der Waals surface area contributed by atoms with E-state index in [1.54, 1.807) is 7.11 Å². The highest BCUT2D eigenvalue weighted by atomic mass is 16.5. The van der Waals surface area contributed by atoms with Gasteiger partial charge in [-0.2, -0.15) is 0 Å². The average molecular weight is 274 g/mol. The van der Waals surface area contributed by atoms with Gasteiger partial charge in [-0.05, 0) is 31.0 Å². The number of ether oxygens (including phenoxy) is 1. The molecule has 1 aromatic heterocycles. The Bertz CT molecular complexity index is 543. The van der Waals surface area contributed by atoms with E-state index in [0.717, 1.165) is 54.6 Å². The number of anilines is 1. The van der Waals surface area contributed by atoms with Crippen molar-refractivity contribution in [1.29, 1.82) is 0 Å². The molecule has 2 N–H and O–H groups in total. The first-order valence-electron chi connectivity index (χ1n) is 7.12. The Balaban J connectivity index is 1.96. The lowest BCUT2D eigenvalue weighted by Crippen LogP contribution is -2.02. The Labute approximate surface area is 119 Å². The summed E-state index contributed by atoms with van der Waals surface area (Å²) in [5, 5.41) is 13.3. The Morgan fingerprint density at radius 1 is 1.15 bits per heavy atom. The highest BCUT2D eigenvalue weighted by Crippen LogP contribution is 2.25. The summed E-state index contributed by atoms with van der Waals surface area (Å²) in [4.78, 5) is 4.37. The fourth-order valence-corrected chi connectivity index (χ4v) is 2.22. The molecule has 0 unspecified atom stereocenters. The minimum atomic E-state index is 0.296. The van der Waals surface area contributed by atoms with E-state index in [0.29, 0.717) is 6.61 Å². The molecule has 0 atom stereocenters. The molecule has 0 bridgehead atoms. The maximum Gasteiger partial charge on any atom is 0.121 e. The molecule has 0 aliphatic carbocycles. The molecule has 0 saturated heterocycles. The average Bonchev–Trinajstić information content (AvgIpc) is 2.50. The van der Waals surface area contributed by atoms with Gasteiger partial charge in [0.15, 0.2) is 0 Å². The van der Waals surface area contributed by atoms with E-state index in [9.17, 15) is 0 Å². The van der Waals surface area contributed by atoms with E-state index in [4.69, 9.17) is 9.84 Å². The summed E-state index contributed by atoms with van der Waals surface area (Å²) in [6.45, 7) is 1.24. The lowest BCUT2D eigenvalue weighted by atomic mass is 10.1. The Morgan fingerprint density at radius 2 is 2.00 bits per heavy atom. The van der Waals surface area contributed by atoms with Crippen LogP contribution in [0.15, 0.2) is 30.5 Å². The second-order valence-electron chi connectivity index (χ2n) is 4.81. The van der Waals surface area contributed by atoms with Crippen LogP contribution >= 0.6 is 0 Å². The van der Waals surface area contributed by atoms with Crippen LogP contribution in [0, 0.1) is 0 Å². The number of aromatic nitrogens is 1. The molecule has 4 nitrogen and oxygen atoms in total. The van der Waals surface area contributed by atoms with Crippen LogP contribution in [0.1, 0.15) is 25.7 Å². The first-order chi connectivity index (χ1) is 9.85. The van der Waals surface area contributed by atoms with Crippen molar-refractivity contribution in [2.45, 2.75) is 25.7 Å². The first kappa shape index (κ1) is 14.6. The number of nitrogens with zero attached hydrogens (tertiary/aromatic N) is 1. The van der Waals surface area contributed by atoms with Gasteiger partial charge in [0.1, 0.15) is 5.75 Å². The molecular formula is C16H22N2O2. The number of pyridine rings is 1. The molecular weight excluding hydrogens is 252 g/mol. The summed E-state index contributed by atoms with van der Waals surface area (Å²) in [6, 6.07) is 7.94. The van der Waals surface area contributed by atoms with Crippen LogP contribution in [0.4, 0.5) is 5.69 Å². The number of nitrogens with one attached hydrogen (secondary N) is 1. The van der Waals surface area contributed by atoms with E-state index in [1.165, 1.54) is 0 Å². The molecule has 0 radical (unpaired) electrons. The number of unbranched alkanes of at least 4 members (excludes halogenated alkanes) is 3. The van der Waals surface area contributed by atoms with Gasteiger partial charge in [0.05, 0.1) is 12.6 Å². The zero-order chi connectivity index (χ0) is 14.2. The zero-order valence-electron chi connectivity index (χ0n) is 11.9. The van der Waals surface area contributed by atoms with Gasteiger partial charge in [-0.3, -0.25) is 4.98 Å². The number of hydrogen-bond acceptors (Lipinski definition) is 4. The quantitative estimate of drug-likeness (QED) is 0.726. The normalized spacial score (nSPS) is 10.7. The van der Waals surface area contributed by atoms with E-state index < -0.39 is 0 Å². The van der Waals surface area contributed by atoms with Crippen molar-refractivity contribution < 1.29 is 9.84 Å². The van der Waals surface area contributed by atoms with Gasteiger partial charge in [-0.1, -0.05) is 12.8 Å². The minimum Gasteiger partial charge on any atom is -0.497 e. The highest BCUT2D eigenvalue weighted by molar-refractivity contribution is 5.91. The lowest BCUT2D eigenvalue weighted by Gasteiger charge is -2.10. The van der Waals surface area contributed by atoms with Crippen molar-refractivity contribution in [3.63, 3.8) is 0 Å². The summed E-state index contributed by atoms with van der Waals surface area (Å²) in [5.74, 6) is 0.825. The highest BCUT2D eigenvalue weighted by Gasteiger charge is 2.02. The van der Waals surface area contributed by atoms with E-state index in [2.05, 4.69) is 10.3 Å². The third-order valence-electron chi connectivity index (χ3n) is 3.35. The standard InChI is InChI=1S/C16H22N2O2/c1-20-13-6-7-14-15(8-10-18-16(14)12-13)17-9-4-2-3-5-11-19/h6-8,10,12,19H,2-5,9,11H2,1H3,(H,17,18). The predicted octanol–water partition coefficient (Wildman–Crippen LogP) is 3.21. The molecule has 2 rings (SSSR count). The molecule has 1 heterocycles. The van der Waals surface area contributed by atoms with E-state index in [1.807, 2.05) is 30.5 Å². The monoisotopic (exact) mass is 274 g/mol. The van der Waals surface area contributed by atoms with Crippen molar-refractivity contribution in [2.24, 2.45) is 0 Å². The predicted molar refractivity (Wildman–Crippen MR) is 82.3 cm³/mol. The molecule has 0 fully saturated rings. The number of methoxy groups -OCH3 is 1. The van der Waals surface area contributed by atoms with Crippen molar-refractivity contribution in [1.82, 2.24) is 4.98 Å². The van der Waals surface area contributed by atoms with Gasteiger partial charge in [-0.25, -0.2) is 0 Å².